The monoisotopic (exact) mass is 377 g/mol. The summed E-state index contributed by atoms with van der Waals surface area (Å²) >= 11 is 0. The van der Waals surface area contributed by atoms with E-state index in [0.717, 1.165) is 32.4 Å². The highest BCUT2D eigenvalue weighted by Gasteiger charge is 2.31. The Labute approximate surface area is 155 Å². The molecule has 7 heteroatoms. The summed E-state index contributed by atoms with van der Waals surface area (Å²) in [5.41, 5.74) is 0.394. The normalized spacial score (nSPS) is 22.6. The predicted molar refractivity (Wildman–Crippen MR) is 102 cm³/mol. The summed E-state index contributed by atoms with van der Waals surface area (Å²) in [6.07, 6.45) is 6.36. The number of likely N-dealkylation sites (tertiary alicyclic amines) is 1. The molecular weight excluding hydrogens is 350 g/mol. The van der Waals surface area contributed by atoms with Crippen molar-refractivity contribution in [2.24, 2.45) is 0 Å². The van der Waals surface area contributed by atoms with Crippen LogP contribution in [-0.2, 0) is 10.0 Å². The van der Waals surface area contributed by atoms with Crippen molar-refractivity contribution in [2.75, 3.05) is 26.7 Å². The molecule has 1 aromatic rings. The Hall–Kier alpha value is -1.70. The van der Waals surface area contributed by atoms with E-state index in [1.807, 2.05) is 19.1 Å². The number of hydrogen-bond donors (Lipinski definition) is 1. The van der Waals surface area contributed by atoms with Crippen molar-refractivity contribution in [1.82, 2.24) is 14.5 Å². The maximum Gasteiger partial charge on any atom is 0.251 e. The predicted octanol–water partition coefficient (Wildman–Crippen LogP) is 1.85. The second-order valence-electron chi connectivity index (χ2n) is 7.06. The summed E-state index contributed by atoms with van der Waals surface area (Å²) in [6, 6.07) is 6.39. The summed E-state index contributed by atoms with van der Waals surface area (Å²) in [6.45, 7) is 4.26. The molecule has 2 aliphatic rings. The topological polar surface area (TPSA) is 69.7 Å². The smallest absolute Gasteiger partial charge is 0.251 e. The molecule has 142 valence electrons. The van der Waals surface area contributed by atoms with Crippen molar-refractivity contribution < 1.29 is 13.2 Å². The van der Waals surface area contributed by atoms with Crippen LogP contribution < -0.4 is 5.32 Å². The van der Waals surface area contributed by atoms with E-state index in [2.05, 4.69) is 17.3 Å². The molecule has 6 nitrogen and oxygen atoms in total. The van der Waals surface area contributed by atoms with Crippen molar-refractivity contribution in [1.29, 1.82) is 0 Å². The van der Waals surface area contributed by atoms with Gasteiger partial charge < -0.3 is 10.2 Å². The molecule has 0 aliphatic carbocycles. The Balaban J connectivity index is 1.74. The van der Waals surface area contributed by atoms with Gasteiger partial charge in [0.05, 0.1) is 4.90 Å². The van der Waals surface area contributed by atoms with Crippen molar-refractivity contribution in [2.45, 2.75) is 43.2 Å². The summed E-state index contributed by atoms with van der Waals surface area (Å²) < 4.78 is 27.4. The lowest BCUT2D eigenvalue weighted by molar-refractivity contribution is 0.0916. The highest BCUT2D eigenvalue weighted by Crippen LogP contribution is 2.24. The molecule has 0 unspecified atom stereocenters. The maximum absolute atomic E-state index is 13.0. The van der Waals surface area contributed by atoms with Gasteiger partial charge in [0.1, 0.15) is 0 Å². The van der Waals surface area contributed by atoms with E-state index in [0.29, 0.717) is 12.1 Å². The van der Waals surface area contributed by atoms with Crippen molar-refractivity contribution in [3.63, 3.8) is 0 Å². The lowest BCUT2D eigenvalue weighted by Crippen LogP contribution is -2.43. The quantitative estimate of drug-likeness (QED) is 0.795. The average Bonchev–Trinajstić information content (AvgIpc) is 3.13. The van der Waals surface area contributed by atoms with Crippen LogP contribution in [0.2, 0.25) is 0 Å². The molecule has 1 aromatic carbocycles. The van der Waals surface area contributed by atoms with Crippen molar-refractivity contribution in [3.8, 4) is 0 Å². The SMILES string of the molecule is CC[C@H]1C=CCN1S(=O)(=O)c1cccc(C(=O)NC2CCN(C)CC2)c1. The van der Waals surface area contributed by atoms with Gasteiger partial charge >= 0.3 is 0 Å². The second-order valence-corrected chi connectivity index (χ2v) is 8.95. The Kier molecular flexibility index (Phi) is 5.79. The van der Waals surface area contributed by atoms with E-state index in [1.165, 1.54) is 10.4 Å². The van der Waals surface area contributed by atoms with Gasteiger partial charge in [0, 0.05) is 24.2 Å². The third-order valence-electron chi connectivity index (χ3n) is 5.19. The Morgan fingerprint density at radius 1 is 1.27 bits per heavy atom. The number of benzene rings is 1. The summed E-state index contributed by atoms with van der Waals surface area (Å²) in [4.78, 5) is 15.0. The number of carbonyl (C=O) groups is 1. The van der Waals surface area contributed by atoms with Gasteiger partial charge in [-0.15, -0.1) is 0 Å². The standard InChI is InChI=1S/C19H27N3O3S/c1-3-17-7-5-11-22(17)26(24,25)18-8-4-6-15(14-18)19(23)20-16-9-12-21(2)13-10-16/h4-8,14,16-17H,3,9-13H2,1-2H3,(H,20,23)/t17-/m0/s1. The highest BCUT2D eigenvalue weighted by atomic mass is 32.2. The first kappa shape index (κ1) is 19.1. The number of nitrogens with one attached hydrogen (secondary N) is 1. The van der Waals surface area contributed by atoms with Crippen LogP contribution in [-0.4, -0.2) is 62.3 Å². The van der Waals surface area contributed by atoms with Crippen LogP contribution in [0.25, 0.3) is 0 Å². The van der Waals surface area contributed by atoms with Gasteiger partial charge in [-0.05, 0) is 57.6 Å². The van der Waals surface area contributed by atoms with Crippen LogP contribution in [0.4, 0.5) is 0 Å². The number of piperidine rings is 1. The first-order valence-corrected chi connectivity index (χ1v) is 10.6. The molecule has 2 heterocycles. The molecular formula is C19H27N3O3S. The molecule has 2 aliphatic heterocycles. The fraction of sp³-hybridized carbons (Fsp3) is 0.526. The van der Waals surface area contributed by atoms with Gasteiger partial charge in [0.2, 0.25) is 10.0 Å². The summed E-state index contributed by atoms with van der Waals surface area (Å²) in [5.74, 6) is -0.205. The Bertz CT molecular complexity index is 783. The minimum Gasteiger partial charge on any atom is -0.349 e. The molecule has 0 spiro atoms. The van der Waals surface area contributed by atoms with Crippen LogP contribution >= 0.6 is 0 Å². The van der Waals surface area contributed by atoms with Crippen molar-refractivity contribution in [3.05, 3.63) is 42.0 Å². The first-order chi connectivity index (χ1) is 12.4. The maximum atomic E-state index is 13.0. The van der Waals surface area contributed by atoms with Crippen LogP contribution in [0.1, 0.15) is 36.5 Å². The van der Waals surface area contributed by atoms with E-state index in [-0.39, 0.29) is 22.9 Å². The molecule has 1 fully saturated rings. The van der Waals surface area contributed by atoms with Crippen LogP contribution in [0.3, 0.4) is 0 Å². The minimum absolute atomic E-state index is 0.114. The van der Waals surface area contributed by atoms with E-state index in [1.54, 1.807) is 18.2 Å². The fourth-order valence-corrected chi connectivity index (χ4v) is 5.18. The molecule has 26 heavy (non-hydrogen) atoms. The van der Waals surface area contributed by atoms with Gasteiger partial charge in [0.25, 0.3) is 5.91 Å². The molecule has 3 rings (SSSR count). The summed E-state index contributed by atoms with van der Waals surface area (Å²) in [7, 11) is -1.54. The van der Waals surface area contributed by atoms with Crippen LogP contribution in [0.5, 0.6) is 0 Å². The Morgan fingerprint density at radius 2 is 2.00 bits per heavy atom. The third kappa shape index (κ3) is 4.00. The highest BCUT2D eigenvalue weighted by molar-refractivity contribution is 7.89. The zero-order chi connectivity index (χ0) is 18.7. The number of nitrogens with zero attached hydrogens (tertiary/aromatic N) is 2. The molecule has 1 saturated heterocycles. The van der Waals surface area contributed by atoms with Crippen LogP contribution in [0.15, 0.2) is 41.3 Å². The molecule has 0 aromatic heterocycles. The van der Waals surface area contributed by atoms with E-state index in [4.69, 9.17) is 0 Å². The molecule has 1 N–H and O–H groups in total. The van der Waals surface area contributed by atoms with E-state index in [9.17, 15) is 13.2 Å². The third-order valence-corrected chi connectivity index (χ3v) is 7.08. The van der Waals surface area contributed by atoms with Gasteiger partial charge in [-0.3, -0.25) is 4.79 Å². The molecule has 1 atom stereocenters. The first-order valence-electron chi connectivity index (χ1n) is 9.20. The van der Waals surface area contributed by atoms with Gasteiger partial charge in [-0.1, -0.05) is 25.1 Å². The number of amides is 1. The van der Waals surface area contributed by atoms with Gasteiger partial charge in [-0.2, -0.15) is 4.31 Å². The Morgan fingerprint density at radius 3 is 2.69 bits per heavy atom. The van der Waals surface area contributed by atoms with E-state index < -0.39 is 10.0 Å². The van der Waals surface area contributed by atoms with Crippen LogP contribution in [0, 0.1) is 0 Å². The molecule has 0 radical (unpaired) electrons. The summed E-state index contributed by atoms with van der Waals surface area (Å²) in [5, 5.41) is 3.04. The number of hydrogen-bond acceptors (Lipinski definition) is 4. The number of carbonyl (C=O) groups excluding carboxylic acids is 1. The lowest BCUT2D eigenvalue weighted by Gasteiger charge is -2.29. The number of sulfonamides is 1. The van der Waals surface area contributed by atoms with Crippen molar-refractivity contribution >= 4 is 15.9 Å². The van der Waals surface area contributed by atoms with E-state index >= 15 is 0 Å². The van der Waals surface area contributed by atoms with Gasteiger partial charge in [-0.25, -0.2) is 8.42 Å². The zero-order valence-corrected chi connectivity index (χ0v) is 16.2. The largest absolute Gasteiger partial charge is 0.349 e. The number of rotatable bonds is 5. The fourth-order valence-electron chi connectivity index (χ4n) is 3.52. The minimum atomic E-state index is -3.61. The molecule has 0 saturated carbocycles. The van der Waals surface area contributed by atoms with Gasteiger partial charge in [0.15, 0.2) is 0 Å². The molecule has 0 bridgehead atoms. The second kappa shape index (κ2) is 7.90. The lowest BCUT2D eigenvalue weighted by atomic mass is 10.0. The average molecular weight is 378 g/mol. The molecule has 1 amide bonds. The zero-order valence-electron chi connectivity index (χ0n) is 15.4.